The molecule has 2 atom stereocenters. The van der Waals surface area contributed by atoms with Crippen molar-refractivity contribution >= 4 is 17.9 Å². The van der Waals surface area contributed by atoms with E-state index in [1.54, 1.807) is 52.0 Å². The van der Waals surface area contributed by atoms with Gasteiger partial charge in [0.25, 0.3) is 0 Å². The van der Waals surface area contributed by atoms with Crippen LogP contribution in [0.15, 0.2) is 30.3 Å². The number of aliphatic hydroxyl groups is 1. The molecule has 0 saturated carbocycles. The molecule has 0 bridgehead atoms. The summed E-state index contributed by atoms with van der Waals surface area (Å²) in [7, 11) is 0. The zero-order valence-electron chi connectivity index (χ0n) is 19.0. The summed E-state index contributed by atoms with van der Waals surface area (Å²) >= 11 is 0. The highest BCUT2D eigenvalue weighted by Crippen LogP contribution is 2.23. The SMILES string of the molecule is CCN(C(=O)C(CO)NC(=O)OC(C)(C)C)C(C(=O)NC(C)(C)C)c1ccccc1. The number of amides is 3. The third kappa shape index (κ3) is 8.02. The first kappa shape index (κ1) is 25.4. The van der Waals surface area contributed by atoms with Crippen molar-refractivity contribution in [3.8, 4) is 0 Å². The molecule has 0 fully saturated rings. The van der Waals surface area contributed by atoms with E-state index in [-0.39, 0.29) is 12.5 Å². The second-order valence-corrected chi connectivity index (χ2v) is 9.06. The predicted molar refractivity (Wildman–Crippen MR) is 115 cm³/mol. The summed E-state index contributed by atoms with van der Waals surface area (Å²) in [6.45, 7) is 12.0. The Morgan fingerprint density at radius 3 is 2.07 bits per heavy atom. The van der Waals surface area contributed by atoms with Gasteiger partial charge in [-0.25, -0.2) is 4.79 Å². The molecule has 0 aromatic heterocycles. The van der Waals surface area contributed by atoms with Gasteiger partial charge in [-0.15, -0.1) is 0 Å². The molecule has 3 amide bonds. The highest BCUT2D eigenvalue weighted by atomic mass is 16.6. The Morgan fingerprint density at radius 2 is 1.63 bits per heavy atom. The Balaban J connectivity index is 3.20. The molecular weight excluding hydrogens is 386 g/mol. The van der Waals surface area contributed by atoms with Crippen LogP contribution < -0.4 is 10.6 Å². The minimum Gasteiger partial charge on any atom is -0.444 e. The quantitative estimate of drug-likeness (QED) is 0.626. The third-order valence-corrected chi connectivity index (χ3v) is 3.97. The van der Waals surface area contributed by atoms with Gasteiger partial charge in [-0.05, 0) is 54.0 Å². The number of likely N-dealkylation sites (N-methyl/N-ethyl adjacent to an activating group) is 1. The standard InChI is InChI=1S/C22H35N3O5/c1-8-25(19(28)16(14-26)23-20(29)30-22(5,6)7)17(15-12-10-9-11-13-15)18(27)24-21(2,3)4/h9-13,16-17,26H,8,14H2,1-7H3,(H,23,29)(H,24,27). The van der Waals surface area contributed by atoms with Crippen LogP contribution >= 0.6 is 0 Å². The Morgan fingerprint density at radius 1 is 1.07 bits per heavy atom. The number of carbonyl (C=O) groups excluding carboxylic acids is 3. The number of hydrogen-bond acceptors (Lipinski definition) is 5. The van der Waals surface area contributed by atoms with Crippen molar-refractivity contribution in [1.82, 2.24) is 15.5 Å². The van der Waals surface area contributed by atoms with E-state index in [2.05, 4.69) is 10.6 Å². The van der Waals surface area contributed by atoms with Crippen molar-refractivity contribution in [2.45, 2.75) is 71.7 Å². The van der Waals surface area contributed by atoms with E-state index in [9.17, 15) is 19.5 Å². The third-order valence-electron chi connectivity index (χ3n) is 3.97. The Kier molecular flexibility index (Phi) is 8.84. The summed E-state index contributed by atoms with van der Waals surface area (Å²) in [4.78, 5) is 39.8. The van der Waals surface area contributed by atoms with Crippen molar-refractivity contribution in [3.63, 3.8) is 0 Å². The number of nitrogens with one attached hydrogen (secondary N) is 2. The van der Waals surface area contributed by atoms with Gasteiger partial charge in [0.05, 0.1) is 6.61 Å². The molecule has 0 heterocycles. The van der Waals surface area contributed by atoms with E-state index in [1.165, 1.54) is 4.90 Å². The summed E-state index contributed by atoms with van der Waals surface area (Å²) in [6, 6.07) is 6.75. The molecule has 1 rings (SSSR count). The monoisotopic (exact) mass is 421 g/mol. The normalized spacial score (nSPS) is 13.7. The molecule has 0 saturated heterocycles. The molecule has 0 aliphatic carbocycles. The Bertz CT molecular complexity index is 723. The number of nitrogens with zero attached hydrogens (tertiary/aromatic N) is 1. The molecule has 1 aromatic carbocycles. The Hall–Kier alpha value is -2.61. The van der Waals surface area contributed by atoms with Crippen LogP contribution in [-0.4, -0.2) is 58.2 Å². The van der Waals surface area contributed by atoms with Crippen LogP contribution in [0.5, 0.6) is 0 Å². The number of benzene rings is 1. The fraction of sp³-hybridized carbons (Fsp3) is 0.591. The van der Waals surface area contributed by atoms with Crippen molar-refractivity contribution in [3.05, 3.63) is 35.9 Å². The molecule has 168 valence electrons. The van der Waals surface area contributed by atoms with E-state index >= 15 is 0 Å². The van der Waals surface area contributed by atoms with Crippen molar-refractivity contribution in [2.24, 2.45) is 0 Å². The van der Waals surface area contributed by atoms with Gasteiger partial charge < -0.3 is 25.4 Å². The van der Waals surface area contributed by atoms with Gasteiger partial charge in [-0.1, -0.05) is 30.3 Å². The average molecular weight is 422 g/mol. The second-order valence-electron chi connectivity index (χ2n) is 9.06. The second kappa shape index (κ2) is 10.4. The van der Waals surface area contributed by atoms with Crippen LogP contribution in [0.3, 0.4) is 0 Å². The van der Waals surface area contributed by atoms with E-state index in [1.807, 2.05) is 26.8 Å². The molecule has 0 aliphatic heterocycles. The first-order valence-electron chi connectivity index (χ1n) is 10.1. The Labute approximate surface area is 179 Å². The van der Waals surface area contributed by atoms with Gasteiger partial charge in [0.15, 0.2) is 0 Å². The fourth-order valence-electron chi connectivity index (χ4n) is 2.85. The van der Waals surface area contributed by atoms with Gasteiger partial charge >= 0.3 is 6.09 Å². The van der Waals surface area contributed by atoms with E-state index in [0.717, 1.165) is 0 Å². The van der Waals surface area contributed by atoms with Crippen molar-refractivity contribution in [1.29, 1.82) is 0 Å². The van der Waals surface area contributed by atoms with Gasteiger partial charge in [-0.2, -0.15) is 0 Å². The number of alkyl carbamates (subject to hydrolysis) is 1. The van der Waals surface area contributed by atoms with Gasteiger partial charge in [0.2, 0.25) is 11.8 Å². The highest BCUT2D eigenvalue weighted by molar-refractivity contribution is 5.92. The molecule has 3 N–H and O–H groups in total. The van der Waals surface area contributed by atoms with Crippen LogP contribution in [0.1, 0.15) is 60.1 Å². The summed E-state index contributed by atoms with van der Waals surface area (Å²) < 4.78 is 5.18. The molecule has 8 nitrogen and oxygen atoms in total. The van der Waals surface area contributed by atoms with E-state index < -0.39 is 41.8 Å². The highest BCUT2D eigenvalue weighted by Gasteiger charge is 2.36. The largest absolute Gasteiger partial charge is 0.444 e. The van der Waals surface area contributed by atoms with Crippen molar-refractivity contribution < 1.29 is 24.2 Å². The zero-order valence-corrected chi connectivity index (χ0v) is 19.0. The van der Waals surface area contributed by atoms with E-state index in [0.29, 0.717) is 5.56 Å². The molecule has 30 heavy (non-hydrogen) atoms. The minimum absolute atomic E-state index is 0.197. The first-order chi connectivity index (χ1) is 13.8. The molecule has 1 aromatic rings. The van der Waals surface area contributed by atoms with Gasteiger partial charge in [0.1, 0.15) is 17.7 Å². The topological polar surface area (TPSA) is 108 Å². The summed E-state index contributed by atoms with van der Waals surface area (Å²) in [5, 5.41) is 15.1. The maximum atomic E-state index is 13.2. The maximum absolute atomic E-state index is 13.2. The van der Waals surface area contributed by atoms with Gasteiger partial charge in [-0.3, -0.25) is 9.59 Å². The van der Waals surface area contributed by atoms with E-state index in [4.69, 9.17) is 4.74 Å². The predicted octanol–water partition coefficient (Wildman–Crippen LogP) is 2.38. The number of aliphatic hydroxyl groups excluding tert-OH is 1. The summed E-state index contributed by atoms with van der Waals surface area (Å²) in [5.74, 6) is -0.929. The molecule has 0 radical (unpaired) electrons. The average Bonchev–Trinajstić information content (AvgIpc) is 2.61. The fourth-order valence-corrected chi connectivity index (χ4v) is 2.85. The minimum atomic E-state index is -1.24. The number of rotatable bonds is 7. The zero-order chi connectivity index (χ0) is 23.1. The number of hydrogen-bond donors (Lipinski definition) is 3. The number of ether oxygens (including phenoxy) is 1. The molecular formula is C22H35N3O5. The van der Waals surface area contributed by atoms with Crippen LogP contribution in [0, 0.1) is 0 Å². The molecule has 0 spiro atoms. The molecule has 2 unspecified atom stereocenters. The molecule has 0 aliphatic rings. The number of carbonyl (C=O) groups is 3. The lowest BCUT2D eigenvalue weighted by atomic mass is 10.0. The summed E-state index contributed by atoms with van der Waals surface area (Å²) in [5.41, 5.74) is -0.627. The van der Waals surface area contributed by atoms with Crippen LogP contribution in [0.4, 0.5) is 4.79 Å². The van der Waals surface area contributed by atoms with Crippen LogP contribution in [0.25, 0.3) is 0 Å². The van der Waals surface area contributed by atoms with Crippen molar-refractivity contribution in [2.75, 3.05) is 13.2 Å². The molecule has 8 heteroatoms. The smallest absolute Gasteiger partial charge is 0.408 e. The van der Waals surface area contributed by atoms with Crippen LogP contribution in [-0.2, 0) is 14.3 Å². The summed E-state index contributed by atoms with van der Waals surface area (Å²) in [6.07, 6.45) is -0.818. The first-order valence-corrected chi connectivity index (χ1v) is 10.1. The lowest BCUT2D eigenvalue weighted by Crippen LogP contribution is -2.55. The lowest BCUT2D eigenvalue weighted by molar-refractivity contribution is -0.143. The maximum Gasteiger partial charge on any atom is 0.408 e. The van der Waals surface area contributed by atoms with Crippen LogP contribution in [0.2, 0.25) is 0 Å². The lowest BCUT2D eigenvalue weighted by Gasteiger charge is -2.35. The van der Waals surface area contributed by atoms with Gasteiger partial charge in [0, 0.05) is 12.1 Å².